The predicted molar refractivity (Wildman–Crippen MR) is 99.1 cm³/mol. The number of amides is 2. The first kappa shape index (κ1) is 16.7. The van der Waals surface area contributed by atoms with Crippen molar-refractivity contribution >= 4 is 28.3 Å². The second-order valence-corrected chi connectivity index (χ2v) is 9.25. The number of fused-ring (bicyclic) bond motifs is 3. The maximum absolute atomic E-state index is 13.1. The van der Waals surface area contributed by atoms with Gasteiger partial charge >= 0.3 is 0 Å². The van der Waals surface area contributed by atoms with Crippen LogP contribution in [0.5, 0.6) is 0 Å². The molecule has 1 saturated heterocycles. The van der Waals surface area contributed by atoms with E-state index in [2.05, 4.69) is 15.7 Å². The fourth-order valence-electron chi connectivity index (χ4n) is 6.35. The average Bonchev–Trinajstić information content (AvgIpc) is 3.27. The Balaban J connectivity index is 1.35. The van der Waals surface area contributed by atoms with E-state index in [0.717, 1.165) is 18.8 Å². The smallest absolute Gasteiger partial charge is 0.247 e. The van der Waals surface area contributed by atoms with Crippen LogP contribution in [0.3, 0.4) is 0 Å². The molecule has 3 saturated carbocycles. The van der Waals surface area contributed by atoms with E-state index < -0.39 is 0 Å². The molecule has 5 rings (SSSR count). The van der Waals surface area contributed by atoms with E-state index in [1.54, 1.807) is 11.2 Å². The van der Waals surface area contributed by atoms with Gasteiger partial charge in [-0.25, -0.2) is 10.4 Å². The second-order valence-electron chi connectivity index (χ2n) is 8.36. The standard InChI is InChI=1S/C19H26N4O2S/c24-15(21-19-20-8-9-26-19)10-23-18(25)14-7-3-6-12-11-4-1-2-5-13(11)17(22-23)16(12)14/h8-9,11-14,16-17,22H,1-7,10H2,(H,20,21,24). The van der Waals surface area contributed by atoms with E-state index >= 15 is 0 Å². The molecule has 26 heavy (non-hydrogen) atoms. The van der Waals surface area contributed by atoms with Crippen molar-refractivity contribution in [2.45, 2.75) is 51.0 Å². The highest BCUT2D eigenvalue weighted by Gasteiger charge is 2.58. The highest BCUT2D eigenvalue weighted by Crippen LogP contribution is 2.57. The van der Waals surface area contributed by atoms with Gasteiger partial charge in [0, 0.05) is 23.5 Å². The summed E-state index contributed by atoms with van der Waals surface area (Å²) < 4.78 is 0. The zero-order chi connectivity index (χ0) is 17.7. The van der Waals surface area contributed by atoms with Crippen molar-refractivity contribution in [1.82, 2.24) is 15.4 Å². The number of hydrogen-bond acceptors (Lipinski definition) is 5. The number of aromatic nitrogens is 1. The van der Waals surface area contributed by atoms with Gasteiger partial charge in [-0.1, -0.05) is 19.3 Å². The summed E-state index contributed by atoms with van der Waals surface area (Å²) >= 11 is 1.39. The van der Waals surface area contributed by atoms with Crippen LogP contribution < -0.4 is 10.7 Å². The molecule has 0 bridgehead atoms. The second kappa shape index (κ2) is 6.60. The number of nitrogens with one attached hydrogen (secondary N) is 2. The summed E-state index contributed by atoms with van der Waals surface area (Å²) in [6.07, 6.45) is 10.4. The van der Waals surface area contributed by atoms with E-state index in [9.17, 15) is 9.59 Å². The molecule has 7 heteroatoms. The molecule has 3 aliphatic carbocycles. The normalized spacial score (nSPS) is 38.6. The molecule has 0 radical (unpaired) electrons. The molecule has 0 spiro atoms. The topological polar surface area (TPSA) is 74.3 Å². The third-order valence-electron chi connectivity index (χ3n) is 7.18. The molecule has 4 fully saturated rings. The fourth-order valence-corrected chi connectivity index (χ4v) is 6.89. The van der Waals surface area contributed by atoms with Crippen molar-refractivity contribution in [3.63, 3.8) is 0 Å². The number of anilines is 1. The maximum atomic E-state index is 13.1. The zero-order valence-corrected chi connectivity index (χ0v) is 15.7. The zero-order valence-electron chi connectivity index (χ0n) is 14.9. The first-order valence-corrected chi connectivity index (χ1v) is 10.9. The molecular formula is C19H26N4O2S. The van der Waals surface area contributed by atoms with Crippen LogP contribution in [0, 0.1) is 29.6 Å². The molecule has 6 atom stereocenters. The van der Waals surface area contributed by atoms with Gasteiger partial charge in [0.2, 0.25) is 11.8 Å². The minimum Gasteiger partial charge on any atom is -0.300 e. The van der Waals surface area contributed by atoms with Crippen molar-refractivity contribution in [3.8, 4) is 0 Å². The number of carbonyl (C=O) groups excluding carboxylic acids is 2. The largest absolute Gasteiger partial charge is 0.300 e. The molecular weight excluding hydrogens is 348 g/mol. The lowest BCUT2D eigenvalue weighted by Gasteiger charge is -2.45. The quantitative estimate of drug-likeness (QED) is 0.853. The molecule has 2 heterocycles. The number of thiazole rings is 1. The summed E-state index contributed by atoms with van der Waals surface area (Å²) in [5, 5.41) is 6.83. The summed E-state index contributed by atoms with van der Waals surface area (Å²) in [6, 6.07) is 0.376. The van der Waals surface area contributed by atoms with Gasteiger partial charge in [-0.2, -0.15) is 0 Å². The first-order chi connectivity index (χ1) is 12.7. The van der Waals surface area contributed by atoms with Gasteiger partial charge in [0.25, 0.3) is 0 Å². The Bertz CT molecular complexity index is 694. The fraction of sp³-hybridized carbons (Fsp3) is 0.737. The molecule has 6 nitrogen and oxygen atoms in total. The van der Waals surface area contributed by atoms with Crippen LogP contribution in [0.4, 0.5) is 5.13 Å². The molecule has 1 aromatic heterocycles. The number of hydrogen-bond donors (Lipinski definition) is 2. The first-order valence-electron chi connectivity index (χ1n) is 9.99. The molecule has 4 aliphatic rings. The molecule has 2 amide bonds. The van der Waals surface area contributed by atoms with Gasteiger partial charge in [0.1, 0.15) is 6.54 Å². The highest BCUT2D eigenvalue weighted by atomic mass is 32.1. The van der Waals surface area contributed by atoms with Gasteiger partial charge < -0.3 is 5.32 Å². The van der Waals surface area contributed by atoms with Gasteiger partial charge in [0.15, 0.2) is 5.13 Å². The highest BCUT2D eigenvalue weighted by molar-refractivity contribution is 7.13. The van der Waals surface area contributed by atoms with Crippen molar-refractivity contribution in [1.29, 1.82) is 0 Å². The summed E-state index contributed by atoms with van der Waals surface area (Å²) in [4.78, 5) is 29.6. The Morgan fingerprint density at radius 2 is 2.00 bits per heavy atom. The Kier molecular flexibility index (Phi) is 4.24. The SMILES string of the molecule is O=C(CN1NC2C3CCCCC3C3CCCC(C1=O)C32)Nc1nccs1. The number of rotatable bonds is 3. The predicted octanol–water partition coefficient (Wildman–Crippen LogP) is 2.65. The Morgan fingerprint density at radius 3 is 2.81 bits per heavy atom. The monoisotopic (exact) mass is 374 g/mol. The molecule has 1 aliphatic heterocycles. The van der Waals surface area contributed by atoms with Crippen LogP contribution in [0.15, 0.2) is 11.6 Å². The van der Waals surface area contributed by atoms with Crippen LogP contribution in [0.1, 0.15) is 44.9 Å². The lowest BCUT2D eigenvalue weighted by Crippen LogP contribution is -2.63. The minimum atomic E-state index is -0.176. The summed E-state index contributed by atoms with van der Waals surface area (Å²) in [6.45, 7) is 0.0696. The Morgan fingerprint density at radius 1 is 1.19 bits per heavy atom. The van der Waals surface area contributed by atoms with E-state index in [-0.39, 0.29) is 24.3 Å². The Labute approximate surface area is 157 Å². The van der Waals surface area contributed by atoms with Crippen LogP contribution in [-0.2, 0) is 9.59 Å². The van der Waals surface area contributed by atoms with E-state index in [1.807, 2.05) is 5.38 Å². The van der Waals surface area contributed by atoms with Crippen molar-refractivity contribution in [2.75, 3.05) is 11.9 Å². The number of nitrogens with zero attached hydrogens (tertiary/aromatic N) is 2. The van der Waals surface area contributed by atoms with Crippen LogP contribution in [-0.4, -0.2) is 34.4 Å². The van der Waals surface area contributed by atoms with Crippen LogP contribution in [0.2, 0.25) is 0 Å². The van der Waals surface area contributed by atoms with Gasteiger partial charge in [-0.3, -0.25) is 14.6 Å². The maximum Gasteiger partial charge on any atom is 0.247 e. The summed E-state index contributed by atoms with van der Waals surface area (Å²) in [7, 11) is 0. The number of hydrazine groups is 1. The number of carbonyl (C=O) groups is 2. The van der Waals surface area contributed by atoms with E-state index in [4.69, 9.17) is 0 Å². The van der Waals surface area contributed by atoms with Crippen LogP contribution >= 0.6 is 11.3 Å². The third-order valence-corrected chi connectivity index (χ3v) is 7.87. The van der Waals surface area contributed by atoms with Crippen molar-refractivity contribution in [3.05, 3.63) is 11.6 Å². The molecule has 140 valence electrons. The summed E-state index contributed by atoms with van der Waals surface area (Å²) in [5.74, 6) is 2.73. The molecule has 6 unspecified atom stereocenters. The van der Waals surface area contributed by atoms with Gasteiger partial charge in [-0.05, 0) is 49.4 Å². The average molecular weight is 375 g/mol. The molecule has 2 N–H and O–H groups in total. The molecule has 0 aromatic carbocycles. The van der Waals surface area contributed by atoms with Crippen molar-refractivity contribution < 1.29 is 9.59 Å². The Hall–Kier alpha value is -1.47. The molecule has 1 aromatic rings. The van der Waals surface area contributed by atoms with Gasteiger partial charge in [0.05, 0.1) is 0 Å². The van der Waals surface area contributed by atoms with Gasteiger partial charge in [-0.15, -0.1) is 11.3 Å². The van der Waals surface area contributed by atoms with E-state index in [0.29, 0.717) is 28.9 Å². The van der Waals surface area contributed by atoms with Crippen LogP contribution in [0.25, 0.3) is 0 Å². The third kappa shape index (κ3) is 2.67. The lowest BCUT2D eigenvalue weighted by atomic mass is 9.68. The van der Waals surface area contributed by atoms with Crippen molar-refractivity contribution in [2.24, 2.45) is 29.6 Å². The van der Waals surface area contributed by atoms with E-state index in [1.165, 1.54) is 43.4 Å². The minimum absolute atomic E-state index is 0.0696. The lowest BCUT2D eigenvalue weighted by molar-refractivity contribution is -0.153. The summed E-state index contributed by atoms with van der Waals surface area (Å²) in [5.41, 5.74) is 3.51.